The SMILES string of the molecule is COc1cc2c(c(OC)c1OC)[C@@H](c1cc3cccc4c3n(c1=O)CC4)CC(=O)O2. The molecule has 154 valence electrons. The summed E-state index contributed by atoms with van der Waals surface area (Å²) in [6.45, 7) is 0.635. The molecule has 0 saturated heterocycles. The minimum atomic E-state index is -0.513. The maximum atomic E-state index is 13.5. The van der Waals surface area contributed by atoms with Crippen LogP contribution in [0, 0.1) is 0 Å². The molecule has 0 spiro atoms. The first-order chi connectivity index (χ1) is 14.6. The van der Waals surface area contributed by atoms with Crippen LogP contribution in [0.3, 0.4) is 0 Å². The molecule has 2 aliphatic heterocycles. The number of aryl methyl sites for hydroxylation is 2. The van der Waals surface area contributed by atoms with Crippen LogP contribution in [-0.4, -0.2) is 31.9 Å². The molecule has 3 aromatic rings. The van der Waals surface area contributed by atoms with Crippen LogP contribution in [0.2, 0.25) is 0 Å². The molecule has 0 bridgehead atoms. The fourth-order valence-electron chi connectivity index (χ4n) is 4.71. The van der Waals surface area contributed by atoms with E-state index in [4.69, 9.17) is 18.9 Å². The van der Waals surface area contributed by atoms with Crippen LogP contribution in [0.5, 0.6) is 23.0 Å². The van der Waals surface area contributed by atoms with Crippen molar-refractivity contribution < 1.29 is 23.7 Å². The lowest BCUT2D eigenvalue weighted by atomic mass is 9.85. The molecule has 2 aromatic carbocycles. The van der Waals surface area contributed by atoms with Gasteiger partial charge in [-0.05, 0) is 23.4 Å². The van der Waals surface area contributed by atoms with Crippen molar-refractivity contribution in [2.24, 2.45) is 0 Å². The van der Waals surface area contributed by atoms with Gasteiger partial charge in [0.25, 0.3) is 5.56 Å². The van der Waals surface area contributed by atoms with Gasteiger partial charge in [0.1, 0.15) is 5.75 Å². The Labute approximate surface area is 172 Å². The molecular weight excluding hydrogens is 386 g/mol. The summed E-state index contributed by atoms with van der Waals surface area (Å²) in [4.78, 5) is 25.9. The number of para-hydroxylation sites is 1. The molecule has 0 aliphatic carbocycles. The number of carbonyl (C=O) groups is 1. The molecule has 0 fully saturated rings. The Morgan fingerprint density at radius 1 is 1.03 bits per heavy atom. The molecule has 0 radical (unpaired) electrons. The van der Waals surface area contributed by atoms with E-state index < -0.39 is 11.9 Å². The number of hydrogen-bond acceptors (Lipinski definition) is 6. The van der Waals surface area contributed by atoms with E-state index >= 15 is 0 Å². The summed E-state index contributed by atoms with van der Waals surface area (Å²) in [5.74, 6) is 0.589. The molecular formula is C23H21NO6. The van der Waals surface area contributed by atoms with E-state index in [1.165, 1.54) is 26.9 Å². The quantitative estimate of drug-likeness (QED) is 0.489. The Morgan fingerprint density at radius 3 is 2.57 bits per heavy atom. The number of benzene rings is 2. The summed E-state index contributed by atoms with van der Waals surface area (Å²) < 4.78 is 23.9. The third-order valence-electron chi connectivity index (χ3n) is 5.98. The van der Waals surface area contributed by atoms with Gasteiger partial charge >= 0.3 is 5.97 Å². The first-order valence-electron chi connectivity index (χ1n) is 9.76. The number of pyridine rings is 1. The minimum Gasteiger partial charge on any atom is -0.493 e. The van der Waals surface area contributed by atoms with E-state index in [0.717, 1.165) is 17.3 Å². The molecule has 5 rings (SSSR count). The fourth-order valence-corrected chi connectivity index (χ4v) is 4.71. The van der Waals surface area contributed by atoms with Crippen molar-refractivity contribution in [2.45, 2.75) is 25.3 Å². The first-order valence-corrected chi connectivity index (χ1v) is 9.76. The van der Waals surface area contributed by atoms with Crippen molar-refractivity contribution in [1.82, 2.24) is 4.57 Å². The lowest BCUT2D eigenvalue weighted by Crippen LogP contribution is -2.29. The zero-order chi connectivity index (χ0) is 21.0. The normalized spacial score (nSPS) is 16.9. The number of rotatable bonds is 4. The van der Waals surface area contributed by atoms with Crippen molar-refractivity contribution in [3.63, 3.8) is 0 Å². The van der Waals surface area contributed by atoms with E-state index in [2.05, 4.69) is 6.07 Å². The van der Waals surface area contributed by atoms with Gasteiger partial charge in [-0.2, -0.15) is 0 Å². The van der Waals surface area contributed by atoms with Gasteiger partial charge in [0.05, 0.1) is 33.3 Å². The fraction of sp³-hybridized carbons (Fsp3) is 0.304. The lowest BCUT2D eigenvalue weighted by molar-refractivity contribution is -0.135. The van der Waals surface area contributed by atoms with Gasteiger partial charge in [-0.15, -0.1) is 0 Å². The Balaban J connectivity index is 1.80. The monoisotopic (exact) mass is 407 g/mol. The summed E-state index contributed by atoms with van der Waals surface area (Å²) in [7, 11) is 4.54. The van der Waals surface area contributed by atoms with Crippen molar-refractivity contribution in [3.05, 3.63) is 57.4 Å². The summed E-state index contributed by atoms with van der Waals surface area (Å²) >= 11 is 0. The standard InChI is InChI=1S/C23H21NO6/c1-27-17-11-16-19(22(29-3)21(17)28-2)14(10-18(25)30-16)15-9-13-6-4-5-12-7-8-24(20(12)13)23(15)26/h4-6,9,11,14H,7-8,10H2,1-3H3/t14-/m1/s1. The van der Waals surface area contributed by atoms with Gasteiger partial charge in [-0.3, -0.25) is 9.59 Å². The maximum Gasteiger partial charge on any atom is 0.312 e. The summed E-state index contributed by atoms with van der Waals surface area (Å²) in [5, 5.41) is 0.986. The first kappa shape index (κ1) is 18.5. The molecule has 0 amide bonds. The zero-order valence-corrected chi connectivity index (χ0v) is 17.0. The Kier molecular flexibility index (Phi) is 4.20. The molecule has 1 aromatic heterocycles. The van der Waals surface area contributed by atoms with E-state index in [-0.39, 0.29) is 12.0 Å². The van der Waals surface area contributed by atoms with Crippen molar-refractivity contribution in [2.75, 3.05) is 21.3 Å². The number of carbonyl (C=O) groups excluding carboxylic acids is 1. The summed E-state index contributed by atoms with van der Waals surface area (Å²) in [5.41, 5.74) is 3.22. The van der Waals surface area contributed by atoms with Crippen LogP contribution >= 0.6 is 0 Å². The molecule has 30 heavy (non-hydrogen) atoms. The van der Waals surface area contributed by atoms with Crippen molar-refractivity contribution in [1.29, 1.82) is 0 Å². The van der Waals surface area contributed by atoms with E-state index in [1.54, 1.807) is 6.07 Å². The number of ether oxygens (including phenoxy) is 4. The van der Waals surface area contributed by atoms with Crippen LogP contribution in [0.15, 0.2) is 35.1 Å². The summed E-state index contributed by atoms with van der Waals surface area (Å²) in [6, 6.07) is 9.55. The van der Waals surface area contributed by atoms with Crippen LogP contribution < -0.4 is 24.5 Å². The number of hydrogen-bond donors (Lipinski definition) is 0. The smallest absolute Gasteiger partial charge is 0.312 e. The number of aromatic nitrogens is 1. The van der Waals surface area contributed by atoms with Crippen LogP contribution in [-0.2, 0) is 17.8 Å². The van der Waals surface area contributed by atoms with Gasteiger partial charge in [0, 0.05) is 29.7 Å². The van der Waals surface area contributed by atoms with Gasteiger partial charge in [-0.1, -0.05) is 18.2 Å². The minimum absolute atomic E-state index is 0.0410. The predicted octanol–water partition coefficient (Wildman–Crippen LogP) is 3.02. The van der Waals surface area contributed by atoms with Crippen molar-refractivity contribution in [3.8, 4) is 23.0 Å². The summed E-state index contributed by atoms with van der Waals surface area (Å²) in [6.07, 6.45) is 0.868. The highest BCUT2D eigenvalue weighted by atomic mass is 16.5. The second kappa shape index (κ2) is 6.79. The average Bonchev–Trinajstić information content (AvgIpc) is 3.19. The molecule has 0 saturated carbocycles. The maximum absolute atomic E-state index is 13.5. The highest BCUT2D eigenvalue weighted by Gasteiger charge is 2.37. The van der Waals surface area contributed by atoms with Crippen LogP contribution in [0.25, 0.3) is 10.9 Å². The van der Waals surface area contributed by atoms with Gasteiger partial charge in [0.2, 0.25) is 5.75 Å². The number of fused-ring (bicyclic) bond motifs is 1. The third kappa shape index (κ3) is 2.51. The molecule has 7 nitrogen and oxygen atoms in total. The Hall–Kier alpha value is -3.48. The third-order valence-corrected chi connectivity index (χ3v) is 5.98. The van der Waals surface area contributed by atoms with E-state index in [1.807, 2.05) is 22.8 Å². The largest absolute Gasteiger partial charge is 0.493 e. The van der Waals surface area contributed by atoms with Gasteiger partial charge < -0.3 is 23.5 Å². The molecule has 3 heterocycles. The second-order valence-corrected chi connectivity index (χ2v) is 7.45. The van der Waals surface area contributed by atoms with Crippen molar-refractivity contribution >= 4 is 16.9 Å². The number of esters is 1. The average molecular weight is 407 g/mol. The lowest BCUT2D eigenvalue weighted by Gasteiger charge is -2.28. The number of nitrogens with zero attached hydrogens (tertiary/aromatic N) is 1. The molecule has 2 aliphatic rings. The molecule has 0 N–H and O–H groups in total. The molecule has 7 heteroatoms. The van der Waals surface area contributed by atoms with Gasteiger partial charge in [-0.25, -0.2) is 0 Å². The van der Waals surface area contributed by atoms with Crippen LogP contribution in [0.1, 0.15) is 29.0 Å². The highest BCUT2D eigenvalue weighted by Crippen LogP contribution is 2.52. The molecule has 0 unspecified atom stereocenters. The highest BCUT2D eigenvalue weighted by molar-refractivity contribution is 5.86. The topological polar surface area (TPSA) is 76.0 Å². The van der Waals surface area contributed by atoms with Crippen LogP contribution in [0.4, 0.5) is 0 Å². The Morgan fingerprint density at radius 2 is 1.83 bits per heavy atom. The zero-order valence-electron chi connectivity index (χ0n) is 17.0. The Bertz CT molecular complexity index is 1260. The van der Waals surface area contributed by atoms with E-state index in [0.29, 0.717) is 40.7 Å². The molecule has 1 atom stereocenters. The second-order valence-electron chi connectivity index (χ2n) is 7.45. The van der Waals surface area contributed by atoms with Gasteiger partial charge in [0.15, 0.2) is 11.5 Å². The van der Waals surface area contributed by atoms with E-state index in [9.17, 15) is 9.59 Å². The predicted molar refractivity (Wildman–Crippen MR) is 110 cm³/mol. The number of methoxy groups -OCH3 is 3.